The summed E-state index contributed by atoms with van der Waals surface area (Å²) < 4.78 is 0. The second kappa shape index (κ2) is 4.04. The molecule has 0 bridgehead atoms. The number of nitrogens with zero attached hydrogens (tertiary/aromatic N) is 1. The molecule has 1 amide bonds. The van der Waals surface area contributed by atoms with Gasteiger partial charge in [0.15, 0.2) is 0 Å². The number of amides is 1. The van der Waals surface area contributed by atoms with Gasteiger partial charge in [-0.3, -0.25) is 4.79 Å². The maximum absolute atomic E-state index is 11.6. The van der Waals surface area contributed by atoms with Crippen molar-refractivity contribution in [3.05, 3.63) is 11.8 Å². The quantitative estimate of drug-likeness (QED) is 0.750. The predicted molar refractivity (Wildman–Crippen MR) is 54.1 cm³/mol. The van der Waals surface area contributed by atoms with Crippen LogP contribution in [0.2, 0.25) is 0 Å². The van der Waals surface area contributed by atoms with E-state index in [2.05, 4.69) is 0 Å². The minimum atomic E-state index is -0.971. The summed E-state index contributed by atoms with van der Waals surface area (Å²) in [6.07, 6.45) is 7.13. The summed E-state index contributed by atoms with van der Waals surface area (Å²) in [6.45, 7) is 0. The maximum atomic E-state index is 11.6. The van der Waals surface area contributed by atoms with Crippen molar-refractivity contribution in [1.82, 2.24) is 4.90 Å². The molecule has 0 saturated heterocycles. The molecule has 2 aliphatic rings. The van der Waals surface area contributed by atoms with E-state index in [1.54, 1.807) is 4.90 Å². The van der Waals surface area contributed by atoms with Gasteiger partial charge in [-0.05, 0) is 12.8 Å². The van der Waals surface area contributed by atoms with E-state index in [1.807, 2.05) is 0 Å². The number of carboxylic acid groups (broad SMARTS) is 1. The van der Waals surface area contributed by atoms with E-state index >= 15 is 0 Å². The first kappa shape index (κ1) is 10.2. The fraction of sp³-hybridized carbons (Fsp3) is 0.636. The van der Waals surface area contributed by atoms with Gasteiger partial charge in [0.1, 0.15) is 0 Å². The van der Waals surface area contributed by atoms with Crippen molar-refractivity contribution < 1.29 is 14.7 Å². The fourth-order valence-electron chi connectivity index (χ4n) is 2.34. The molecule has 0 aromatic heterocycles. The Morgan fingerprint density at radius 2 is 2.00 bits per heavy atom. The van der Waals surface area contributed by atoms with Gasteiger partial charge in [0.25, 0.3) is 0 Å². The Kier molecular flexibility index (Phi) is 2.75. The molecule has 2 rings (SSSR count). The Bertz CT molecular complexity index is 316. The normalized spacial score (nSPS) is 23.1. The van der Waals surface area contributed by atoms with E-state index in [9.17, 15) is 9.59 Å². The smallest absolute Gasteiger partial charge is 0.333 e. The number of rotatable bonds is 2. The molecule has 0 aromatic rings. The average Bonchev–Trinajstić information content (AvgIpc) is 2.62. The lowest BCUT2D eigenvalue weighted by atomic mass is 9.94. The van der Waals surface area contributed by atoms with Gasteiger partial charge in [-0.15, -0.1) is 0 Å². The van der Waals surface area contributed by atoms with Crippen LogP contribution in [0.5, 0.6) is 0 Å². The molecule has 1 fully saturated rings. The second-order valence-corrected chi connectivity index (χ2v) is 4.23. The lowest BCUT2D eigenvalue weighted by molar-refractivity contribution is -0.134. The molecule has 0 aromatic carbocycles. The summed E-state index contributed by atoms with van der Waals surface area (Å²) in [5.41, 5.74) is 0.227. The van der Waals surface area contributed by atoms with Crippen molar-refractivity contribution in [2.24, 2.45) is 0 Å². The molecular formula is C11H15NO3. The van der Waals surface area contributed by atoms with Gasteiger partial charge in [-0.1, -0.05) is 19.3 Å². The van der Waals surface area contributed by atoms with Crippen LogP contribution in [0, 0.1) is 0 Å². The van der Waals surface area contributed by atoms with Gasteiger partial charge in [0.2, 0.25) is 5.91 Å². The van der Waals surface area contributed by atoms with Crippen molar-refractivity contribution in [2.45, 2.75) is 44.6 Å². The molecule has 82 valence electrons. The molecule has 0 atom stereocenters. The van der Waals surface area contributed by atoms with Gasteiger partial charge in [-0.2, -0.15) is 0 Å². The highest BCUT2D eigenvalue weighted by Gasteiger charge is 2.31. The molecule has 4 nitrogen and oxygen atoms in total. The molecular weight excluding hydrogens is 194 g/mol. The Hall–Kier alpha value is -1.32. The molecule has 1 aliphatic heterocycles. The van der Waals surface area contributed by atoms with Crippen LogP contribution < -0.4 is 0 Å². The topological polar surface area (TPSA) is 57.6 Å². The molecule has 1 N–H and O–H groups in total. The number of aliphatic carboxylic acids is 1. The average molecular weight is 209 g/mol. The predicted octanol–water partition coefficient (Wildman–Crippen LogP) is 1.52. The zero-order chi connectivity index (χ0) is 10.8. The van der Waals surface area contributed by atoms with Crippen LogP contribution in [0.15, 0.2) is 11.8 Å². The molecule has 4 heteroatoms. The van der Waals surface area contributed by atoms with Crippen molar-refractivity contribution in [2.75, 3.05) is 0 Å². The number of carboxylic acids is 1. The zero-order valence-electron chi connectivity index (χ0n) is 8.61. The van der Waals surface area contributed by atoms with E-state index in [4.69, 9.17) is 5.11 Å². The minimum absolute atomic E-state index is 0.0562. The van der Waals surface area contributed by atoms with Crippen LogP contribution in [-0.2, 0) is 9.59 Å². The first-order chi connectivity index (χ1) is 7.18. The fourth-order valence-corrected chi connectivity index (χ4v) is 2.34. The Labute approximate surface area is 88.6 Å². The van der Waals surface area contributed by atoms with E-state index in [0.717, 1.165) is 25.7 Å². The first-order valence-electron chi connectivity index (χ1n) is 5.43. The van der Waals surface area contributed by atoms with Crippen LogP contribution in [0.1, 0.15) is 38.5 Å². The third-order valence-corrected chi connectivity index (χ3v) is 3.17. The van der Waals surface area contributed by atoms with Crippen LogP contribution in [0.4, 0.5) is 0 Å². The molecule has 1 aliphatic carbocycles. The van der Waals surface area contributed by atoms with E-state index in [-0.39, 0.29) is 23.9 Å². The van der Waals surface area contributed by atoms with E-state index in [1.165, 1.54) is 12.6 Å². The molecule has 15 heavy (non-hydrogen) atoms. The van der Waals surface area contributed by atoms with Crippen molar-refractivity contribution >= 4 is 11.9 Å². The van der Waals surface area contributed by atoms with Crippen LogP contribution >= 0.6 is 0 Å². The summed E-state index contributed by atoms with van der Waals surface area (Å²) >= 11 is 0. The summed E-state index contributed by atoms with van der Waals surface area (Å²) in [5.74, 6) is -1.03. The van der Waals surface area contributed by atoms with Crippen molar-refractivity contribution in [3.8, 4) is 0 Å². The third-order valence-electron chi connectivity index (χ3n) is 3.17. The lowest BCUT2D eigenvalue weighted by Crippen LogP contribution is -2.34. The standard InChI is InChI=1S/C11H15NO3/c13-10-6-8(11(14)15)7-12(10)9-4-2-1-3-5-9/h7,9H,1-6H2,(H,14,15). The van der Waals surface area contributed by atoms with Crippen molar-refractivity contribution in [1.29, 1.82) is 0 Å². The summed E-state index contributed by atoms with van der Waals surface area (Å²) in [7, 11) is 0. The lowest BCUT2D eigenvalue weighted by Gasteiger charge is -2.29. The van der Waals surface area contributed by atoms with Crippen LogP contribution in [-0.4, -0.2) is 27.9 Å². The van der Waals surface area contributed by atoms with E-state index in [0.29, 0.717) is 0 Å². The highest BCUT2D eigenvalue weighted by molar-refractivity contribution is 5.97. The highest BCUT2D eigenvalue weighted by Crippen LogP contribution is 2.27. The third kappa shape index (κ3) is 2.03. The van der Waals surface area contributed by atoms with Gasteiger partial charge in [0.05, 0.1) is 12.0 Å². The number of carbonyl (C=O) groups excluding carboxylic acids is 1. The number of carbonyl (C=O) groups is 2. The molecule has 1 heterocycles. The SMILES string of the molecule is O=C(O)C1=CN(C2CCCCC2)C(=O)C1. The molecule has 0 radical (unpaired) electrons. The number of hydrogen-bond acceptors (Lipinski definition) is 2. The largest absolute Gasteiger partial charge is 0.478 e. The summed E-state index contributed by atoms with van der Waals surface area (Å²) in [4.78, 5) is 24.0. The first-order valence-corrected chi connectivity index (χ1v) is 5.43. The number of hydrogen-bond donors (Lipinski definition) is 1. The van der Waals surface area contributed by atoms with Gasteiger partial charge in [-0.25, -0.2) is 4.79 Å². The van der Waals surface area contributed by atoms with Crippen LogP contribution in [0.3, 0.4) is 0 Å². The minimum Gasteiger partial charge on any atom is -0.478 e. The molecule has 0 unspecified atom stereocenters. The van der Waals surface area contributed by atoms with Crippen LogP contribution in [0.25, 0.3) is 0 Å². The second-order valence-electron chi connectivity index (χ2n) is 4.23. The highest BCUT2D eigenvalue weighted by atomic mass is 16.4. The van der Waals surface area contributed by atoms with Gasteiger partial charge >= 0.3 is 5.97 Å². The summed E-state index contributed by atoms with van der Waals surface area (Å²) in [5, 5.41) is 8.80. The maximum Gasteiger partial charge on any atom is 0.333 e. The molecule has 0 spiro atoms. The van der Waals surface area contributed by atoms with Gasteiger partial charge < -0.3 is 10.0 Å². The monoisotopic (exact) mass is 209 g/mol. The van der Waals surface area contributed by atoms with Gasteiger partial charge in [0, 0.05) is 12.2 Å². The Balaban J connectivity index is 2.08. The summed E-state index contributed by atoms with van der Waals surface area (Å²) in [6, 6.07) is 0.239. The molecule has 1 saturated carbocycles. The van der Waals surface area contributed by atoms with E-state index < -0.39 is 5.97 Å². The van der Waals surface area contributed by atoms with Crippen molar-refractivity contribution in [3.63, 3.8) is 0 Å². The zero-order valence-corrected chi connectivity index (χ0v) is 8.61. The Morgan fingerprint density at radius 3 is 2.53 bits per heavy atom. The Morgan fingerprint density at radius 1 is 1.33 bits per heavy atom.